The summed E-state index contributed by atoms with van der Waals surface area (Å²) >= 11 is 0. The van der Waals surface area contributed by atoms with Gasteiger partial charge in [0.15, 0.2) is 0 Å². The Morgan fingerprint density at radius 1 is 1.14 bits per heavy atom. The van der Waals surface area contributed by atoms with Crippen LogP contribution in [-0.2, 0) is 6.42 Å². The van der Waals surface area contributed by atoms with Gasteiger partial charge in [0.1, 0.15) is 5.69 Å². The topological polar surface area (TPSA) is 45.2 Å². The lowest BCUT2D eigenvalue weighted by Gasteiger charge is -2.18. The molecule has 0 aliphatic rings. The number of benzene rings is 1. The fourth-order valence-electron chi connectivity index (χ4n) is 2.33. The zero-order valence-electron chi connectivity index (χ0n) is 13.2. The van der Waals surface area contributed by atoms with Gasteiger partial charge in [0.2, 0.25) is 0 Å². The average molecular weight is 297 g/mol. The summed E-state index contributed by atoms with van der Waals surface area (Å²) in [5.41, 5.74) is 2.72. The molecular formula is C18H23N3O. The van der Waals surface area contributed by atoms with E-state index < -0.39 is 0 Å². The quantitative estimate of drug-likeness (QED) is 0.853. The first-order chi connectivity index (χ1) is 10.7. The van der Waals surface area contributed by atoms with Crippen LogP contribution in [-0.4, -0.2) is 35.4 Å². The molecule has 0 saturated carbocycles. The lowest BCUT2D eigenvalue weighted by Crippen LogP contribution is -2.31. The molecule has 4 heteroatoms. The van der Waals surface area contributed by atoms with Crippen molar-refractivity contribution < 1.29 is 4.79 Å². The zero-order chi connectivity index (χ0) is 15.8. The van der Waals surface area contributed by atoms with Crippen LogP contribution in [0.1, 0.15) is 29.9 Å². The minimum absolute atomic E-state index is 0.0169. The number of nitrogens with one attached hydrogen (secondary N) is 1. The van der Waals surface area contributed by atoms with Crippen molar-refractivity contribution in [3.63, 3.8) is 0 Å². The number of hydrogen-bond acceptors (Lipinski definition) is 3. The van der Waals surface area contributed by atoms with Crippen molar-refractivity contribution in [2.45, 2.75) is 20.3 Å². The summed E-state index contributed by atoms with van der Waals surface area (Å²) in [6.45, 7) is 6.17. The fraction of sp³-hybridized carbons (Fsp3) is 0.333. The highest BCUT2D eigenvalue weighted by Gasteiger charge is 2.13. The summed E-state index contributed by atoms with van der Waals surface area (Å²) in [4.78, 5) is 18.3. The number of hydrogen-bond donors (Lipinski definition) is 1. The van der Waals surface area contributed by atoms with Gasteiger partial charge in [-0.2, -0.15) is 0 Å². The van der Waals surface area contributed by atoms with E-state index >= 15 is 0 Å². The van der Waals surface area contributed by atoms with E-state index in [1.165, 1.54) is 5.56 Å². The van der Waals surface area contributed by atoms with E-state index in [1.807, 2.05) is 44.2 Å². The van der Waals surface area contributed by atoms with E-state index in [9.17, 15) is 4.79 Å². The average Bonchev–Trinajstić information content (AvgIpc) is 2.57. The molecule has 1 heterocycles. The Morgan fingerprint density at radius 3 is 2.55 bits per heavy atom. The van der Waals surface area contributed by atoms with Crippen molar-refractivity contribution >= 4 is 11.6 Å². The Kier molecular flexibility index (Phi) is 5.95. The lowest BCUT2D eigenvalue weighted by molar-refractivity contribution is 0.0767. The van der Waals surface area contributed by atoms with Gasteiger partial charge in [0.05, 0.1) is 0 Å². The fourth-order valence-corrected chi connectivity index (χ4v) is 2.33. The lowest BCUT2D eigenvalue weighted by atomic mass is 10.1. The Hall–Kier alpha value is -2.36. The van der Waals surface area contributed by atoms with Gasteiger partial charge in [-0.25, -0.2) is 0 Å². The van der Waals surface area contributed by atoms with Crippen molar-refractivity contribution in [1.29, 1.82) is 0 Å². The third kappa shape index (κ3) is 4.32. The third-order valence-electron chi connectivity index (χ3n) is 3.62. The Bertz CT molecular complexity index is 594. The molecule has 0 spiro atoms. The van der Waals surface area contributed by atoms with Crippen LogP contribution in [0.5, 0.6) is 0 Å². The van der Waals surface area contributed by atoms with E-state index in [4.69, 9.17) is 0 Å². The molecular weight excluding hydrogens is 274 g/mol. The second kappa shape index (κ2) is 8.17. The van der Waals surface area contributed by atoms with Gasteiger partial charge < -0.3 is 10.2 Å². The molecule has 1 aromatic carbocycles. The van der Waals surface area contributed by atoms with Crippen LogP contribution in [0.4, 0.5) is 5.69 Å². The molecule has 2 rings (SSSR count). The first-order valence-electron chi connectivity index (χ1n) is 7.77. The summed E-state index contributed by atoms with van der Waals surface area (Å²) in [6.07, 6.45) is 2.63. The highest BCUT2D eigenvalue weighted by atomic mass is 16.2. The maximum atomic E-state index is 12.3. The van der Waals surface area contributed by atoms with E-state index in [0.717, 1.165) is 18.7 Å². The zero-order valence-corrected chi connectivity index (χ0v) is 13.2. The largest absolute Gasteiger partial charge is 0.385 e. The number of nitrogens with zero attached hydrogens (tertiary/aromatic N) is 2. The van der Waals surface area contributed by atoms with Gasteiger partial charge in [0, 0.05) is 31.5 Å². The molecule has 0 fully saturated rings. The first-order valence-corrected chi connectivity index (χ1v) is 7.77. The van der Waals surface area contributed by atoms with Crippen molar-refractivity contribution in [1.82, 2.24) is 9.88 Å². The number of aromatic nitrogens is 1. The standard InChI is InChI=1S/C18H23N3O/c1-3-21(4-2)18(22)17-14-16(11-13-20-17)19-12-10-15-8-6-5-7-9-15/h5-9,11,13-14H,3-4,10,12H2,1-2H3,(H,19,20). The second-order valence-corrected chi connectivity index (χ2v) is 5.07. The Balaban J connectivity index is 1.95. The van der Waals surface area contributed by atoms with Crippen LogP contribution >= 0.6 is 0 Å². The molecule has 0 atom stereocenters. The summed E-state index contributed by atoms with van der Waals surface area (Å²) in [5, 5.41) is 3.35. The molecule has 0 saturated heterocycles. The molecule has 0 aliphatic carbocycles. The highest BCUT2D eigenvalue weighted by molar-refractivity contribution is 5.93. The minimum atomic E-state index is -0.0169. The monoisotopic (exact) mass is 297 g/mol. The maximum Gasteiger partial charge on any atom is 0.272 e. The smallest absolute Gasteiger partial charge is 0.272 e. The second-order valence-electron chi connectivity index (χ2n) is 5.07. The molecule has 0 unspecified atom stereocenters. The van der Waals surface area contributed by atoms with Crippen LogP contribution in [0, 0.1) is 0 Å². The summed E-state index contributed by atoms with van der Waals surface area (Å²) in [5.74, 6) is -0.0169. The number of anilines is 1. The molecule has 0 radical (unpaired) electrons. The van der Waals surface area contributed by atoms with Gasteiger partial charge in [0.25, 0.3) is 5.91 Å². The Morgan fingerprint density at radius 2 is 1.86 bits per heavy atom. The van der Waals surface area contributed by atoms with Crippen LogP contribution in [0.2, 0.25) is 0 Å². The molecule has 22 heavy (non-hydrogen) atoms. The van der Waals surface area contributed by atoms with Crippen LogP contribution < -0.4 is 5.32 Å². The predicted octanol–water partition coefficient (Wildman–Crippen LogP) is 3.22. The van der Waals surface area contributed by atoms with E-state index in [1.54, 1.807) is 11.1 Å². The summed E-state index contributed by atoms with van der Waals surface area (Å²) in [7, 11) is 0. The van der Waals surface area contributed by atoms with Gasteiger partial charge >= 0.3 is 0 Å². The van der Waals surface area contributed by atoms with Crippen molar-refractivity contribution in [3.8, 4) is 0 Å². The molecule has 1 amide bonds. The van der Waals surface area contributed by atoms with Gasteiger partial charge in [-0.15, -0.1) is 0 Å². The normalized spacial score (nSPS) is 10.3. The number of carbonyl (C=O) groups excluding carboxylic acids is 1. The molecule has 0 aliphatic heterocycles. The molecule has 4 nitrogen and oxygen atoms in total. The van der Waals surface area contributed by atoms with Gasteiger partial charge in [-0.3, -0.25) is 9.78 Å². The van der Waals surface area contributed by atoms with Crippen molar-refractivity contribution in [3.05, 3.63) is 59.9 Å². The molecule has 116 valence electrons. The predicted molar refractivity (Wildman–Crippen MR) is 90.1 cm³/mol. The Labute approximate surface area is 132 Å². The van der Waals surface area contributed by atoms with Crippen molar-refractivity contribution in [2.75, 3.05) is 25.0 Å². The number of carbonyl (C=O) groups is 1. The molecule has 0 bridgehead atoms. The summed E-state index contributed by atoms with van der Waals surface area (Å²) < 4.78 is 0. The number of pyridine rings is 1. The molecule has 1 aromatic heterocycles. The SMILES string of the molecule is CCN(CC)C(=O)c1cc(NCCc2ccccc2)ccn1. The number of amides is 1. The van der Waals surface area contributed by atoms with Crippen LogP contribution in [0.3, 0.4) is 0 Å². The maximum absolute atomic E-state index is 12.3. The third-order valence-corrected chi connectivity index (χ3v) is 3.62. The van der Waals surface area contributed by atoms with Crippen LogP contribution in [0.15, 0.2) is 48.7 Å². The summed E-state index contributed by atoms with van der Waals surface area (Å²) in [6, 6.07) is 14.1. The number of rotatable bonds is 7. The highest BCUT2D eigenvalue weighted by Crippen LogP contribution is 2.10. The van der Waals surface area contributed by atoms with Gasteiger partial charge in [-0.1, -0.05) is 30.3 Å². The molecule has 2 aromatic rings. The van der Waals surface area contributed by atoms with E-state index in [0.29, 0.717) is 18.8 Å². The minimum Gasteiger partial charge on any atom is -0.385 e. The van der Waals surface area contributed by atoms with E-state index in [2.05, 4.69) is 22.4 Å². The van der Waals surface area contributed by atoms with Crippen molar-refractivity contribution in [2.24, 2.45) is 0 Å². The van der Waals surface area contributed by atoms with Gasteiger partial charge in [-0.05, 0) is 38.0 Å². The van der Waals surface area contributed by atoms with E-state index in [-0.39, 0.29) is 5.91 Å². The van der Waals surface area contributed by atoms with Crippen LogP contribution in [0.25, 0.3) is 0 Å². The first kappa shape index (κ1) is 16.0. The molecule has 1 N–H and O–H groups in total.